The van der Waals surface area contributed by atoms with Gasteiger partial charge >= 0.3 is 6.18 Å². The maximum atomic E-state index is 13.0. The molecule has 0 radical (unpaired) electrons. The monoisotopic (exact) mass is 323 g/mol. The Balaban J connectivity index is 3.29. The van der Waals surface area contributed by atoms with Crippen LogP contribution >= 0.6 is 15.9 Å². The Kier molecular flexibility index (Phi) is 5.22. The van der Waals surface area contributed by atoms with Gasteiger partial charge in [-0.1, -0.05) is 42.8 Å². The van der Waals surface area contributed by atoms with E-state index in [1.807, 2.05) is 20.8 Å². The predicted octanol–water partition coefficient (Wildman–Crippen LogP) is 4.77. The van der Waals surface area contributed by atoms with Gasteiger partial charge in [0.15, 0.2) is 0 Å². The summed E-state index contributed by atoms with van der Waals surface area (Å²) in [5.74, 6) is 0.0900. The fourth-order valence-corrected chi connectivity index (χ4v) is 2.33. The van der Waals surface area contributed by atoms with Crippen LogP contribution in [0.2, 0.25) is 0 Å². The van der Waals surface area contributed by atoms with E-state index in [0.29, 0.717) is 16.6 Å². The molecule has 0 heterocycles. The fraction of sp³-hybridized carbons (Fsp3) is 0.538. The van der Waals surface area contributed by atoms with Gasteiger partial charge < -0.3 is 5.32 Å². The Hall–Kier alpha value is -0.550. The topological polar surface area (TPSA) is 12.0 Å². The summed E-state index contributed by atoms with van der Waals surface area (Å²) in [7, 11) is 0. The van der Waals surface area contributed by atoms with E-state index in [1.165, 1.54) is 0 Å². The molecule has 1 aromatic carbocycles. The minimum atomic E-state index is -4.33. The minimum Gasteiger partial charge on any atom is -0.310 e. The van der Waals surface area contributed by atoms with Crippen molar-refractivity contribution >= 4 is 15.9 Å². The SMILES string of the molecule is CCNC(c1ccc(Br)cc1C(F)(F)F)C(C)C. The lowest BCUT2D eigenvalue weighted by Crippen LogP contribution is -2.28. The summed E-state index contributed by atoms with van der Waals surface area (Å²) in [6.45, 7) is 6.35. The predicted molar refractivity (Wildman–Crippen MR) is 70.4 cm³/mol. The quantitative estimate of drug-likeness (QED) is 0.841. The highest BCUT2D eigenvalue weighted by molar-refractivity contribution is 9.10. The van der Waals surface area contributed by atoms with Crippen molar-refractivity contribution in [2.75, 3.05) is 6.54 Å². The summed E-state index contributed by atoms with van der Waals surface area (Å²) >= 11 is 3.09. The van der Waals surface area contributed by atoms with Gasteiger partial charge in [0, 0.05) is 10.5 Å². The normalized spacial score (nSPS) is 14.0. The third-order valence-corrected chi connectivity index (χ3v) is 3.24. The number of hydrogen-bond acceptors (Lipinski definition) is 1. The summed E-state index contributed by atoms with van der Waals surface area (Å²) in [4.78, 5) is 0. The summed E-state index contributed by atoms with van der Waals surface area (Å²) in [6, 6.07) is 4.04. The van der Waals surface area contributed by atoms with Gasteiger partial charge in [0.1, 0.15) is 0 Å². The number of alkyl halides is 3. The summed E-state index contributed by atoms with van der Waals surface area (Å²) in [6.07, 6.45) is -4.33. The van der Waals surface area contributed by atoms with Crippen molar-refractivity contribution in [3.8, 4) is 0 Å². The Labute approximate surface area is 114 Å². The van der Waals surface area contributed by atoms with Gasteiger partial charge in [-0.05, 0) is 30.2 Å². The van der Waals surface area contributed by atoms with Crippen LogP contribution in [-0.4, -0.2) is 6.54 Å². The molecule has 5 heteroatoms. The average molecular weight is 324 g/mol. The molecular formula is C13H17BrF3N. The van der Waals surface area contributed by atoms with E-state index in [4.69, 9.17) is 0 Å². The van der Waals surface area contributed by atoms with Crippen molar-refractivity contribution in [3.05, 3.63) is 33.8 Å². The van der Waals surface area contributed by atoms with Crippen LogP contribution in [0.15, 0.2) is 22.7 Å². The molecule has 0 amide bonds. The Morgan fingerprint density at radius 3 is 2.33 bits per heavy atom. The second kappa shape index (κ2) is 6.06. The van der Waals surface area contributed by atoms with Gasteiger partial charge in [0.05, 0.1) is 5.56 Å². The zero-order chi connectivity index (χ0) is 13.9. The number of hydrogen-bond donors (Lipinski definition) is 1. The highest BCUT2D eigenvalue weighted by atomic mass is 79.9. The molecule has 0 aliphatic carbocycles. The first-order chi connectivity index (χ1) is 8.27. The maximum absolute atomic E-state index is 13.0. The Morgan fingerprint density at radius 1 is 1.28 bits per heavy atom. The standard InChI is InChI=1S/C13H17BrF3N/c1-4-18-12(8(2)3)10-6-5-9(14)7-11(10)13(15,16)17/h5-8,12,18H,4H2,1-3H3. The lowest BCUT2D eigenvalue weighted by Gasteiger charge is -2.25. The molecule has 1 unspecified atom stereocenters. The number of rotatable bonds is 4. The molecule has 0 saturated heterocycles. The zero-order valence-corrected chi connectivity index (χ0v) is 12.2. The zero-order valence-electron chi connectivity index (χ0n) is 10.6. The molecule has 1 nitrogen and oxygen atoms in total. The molecule has 0 aliphatic heterocycles. The molecule has 0 fully saturated rings. The van der Waals surface area contributed by atoms with E-state index >= 15 is 0 Å². The van der Waals surface area contributed by atoms with Crippen LogP contribution in [0.4, 0.5) is 13.2 Å². The van der Waals surface area contributed by atoms with Crippen LogP contribution in [0.5, 0.6) is 0 Å². The van der Waals surface area contributed by atoms with Crippen LogP contribution in [-0.2, 0) is 6.18 Å². The van der Waals surface area contributed by atoms with Gasteiger partial charge in [0.2, 0.25) is 0 Å². The second-order valence-corrected chi connectivity index (χ2v) is 5.42. The Bertz CT molecular complexity index is 402. The minimum absolute atomic E-state index is 0.0900. The fourth-order valence-electron chi connectivity index (χ4n) is 1.97. The van der Waals surface area contributed by atoms with Crippen LogP contribution in [0.25, 0.3) is 0 Å². The van der Waals surface area contributed by atoms with E-state index in [0.717, 1.165) is 6.07 Å². The third kappa shape index (κ3) is 3.72. The van der Waals surface area contributed by atoms with E-state index < -0.39 is 11.7 Å². The number of halogens is 4. The molecule has 1 rings (SSSR count). The van der Waals surface area contributed by atoms with Crippen molar-refractivity contribution in [2.45, 2.75) is 33.0 Å². The molecule has 0 aromatic heterocycles. The largest absolute Gasteiger partial charge is 0.416 e. The lowest BCUT2D eigenvalue weighted by molar-refractivity contribution is -0.138. The average Bonchev–Trinajstić information content (AvgIpc) is 2.24. The summed E-state index contributed by atoms with van der Waals surface area (Å²) < 4.78 is 39.6. The van der Waals surface area contributed by atoms with Gasteiger partial charge in [-0.3, -0.25) is 0 Å². The molecule has 1 N–H and O–H groups in total. The van der Waals surface area contributed by atoms with Gasteiger partial charge in [0.25, 0.3) is 0 Å². The van der Waals surface area contributed by atoms with Crippen LogP contribution in [0.3, 0.4) is 0 Å². The molecular weight excluding hydrogens is 307 g/mol. The molecule has 0 aliphatic rings. The van der Waals surface area contributed by atoms with E-state index in [9.17, 15) is 13.2 Å². The van der Waals surface area contributed by atoms with Crippen LogP contribution in [0, 0.1) is 5.92 Å². The van der Waals surface area contributed by atoms with Gasteiger partial charge in [-0.15, -0.1) is 0 Å². The molecule has 102 valence electrons. The van der Waals surface area contributed by atoms with Crippen molar-refractivity contribution < 1.29 is 13.2 Å². The highest BCUT2D eigenvalue weighted by Crippen LogP contribution is 2.38. The van der Waals surface area contributed by atoms with Crippen LogP contribution < -0.4 is 5.32 Å². The van der Waals surface area contributed by atoms with Crippen molar-refractivity contribution in [1.29, 1.82) is 0 Å². The molecule has 1 atom stereocenters. The Morgan fingerprint density at radius 2 is 1.89 bits per heavy atom. The molecule has 0 saturated carbocycles. The molecule has 0 bridgehead atoms. The first-order valence-electron chi connectivity index (χ1n) is 5.87. The third-order valence-electron chi connectivity index (χ3n) is 2.75. The van der Waals surface area contributed by atoms with E-state index in [1.54, 1.807) is 12.1 Å². The van der Waals surface area contributed by atoms with E-state index in [-0.39, 0.29) is 12.0 Å². The lowest BCUT2D eigenvalue weighted by atomic mass is 9.92. The van der Waals surface area contributed by atoms with Crippen molar-refractivity contribution in [3.63, 3.8) is 0 Å². The van der Waals surface area contributed by atoms with Crippen LogP contribution in [0.1, 0.15) is 37.9 Å². The number of benzene rings is 1. The molecule has 18 heavy (non-hydrogen) atoms. The van der Waals surface area contributed by atoms with Crippen molar-refractivity contribution in [2.24, 2.45) is 5.92 Å². The molecule has 1 aromatic rings. The highest BCUT2D eigenvalue weighted by Gasteiger charge is 2.35. The second-order valence-electron chi connectivity index (χ2n) is 4.51. The first-order valence-corrected chi connectivity index (χ1v) is 6.66. The number of nitrogens with one attached hydrogen (secondary N) is 1. The summed E-state index contributed by atoms with van der Waals surface area (Å²) in [5.41, 5.74) is -0.265. The van der Waals surface area contributed by atoms with Gasteiger partial charge in [-0.2, -0.15) is 13.2 Å². The van der Waals surface area contributed by atoms with Crippen molar-refractivity contribution in [1.82, 2.24) is 5.32 Å². The van der Waals surface area contributed by atoms with Gasteiger partial charge in [-0.25, -0.2) is 0 Å². The maximum Gasteiger partial charge on any atom is 0.416 e. The smallest absolute Gasteiger partial charge is 0.310 e. The molecule has 0 spiro atoms. The summed E-state index contributed by atoms with van der Waals surface area (Å²) in [5, 5.41) is 3.11. The van der Waals surface area contributed by atoms with E-state index in [2.05, 4.69) is 21.2 Å². The first kappa shape index (κ1) is 15.5.